The van der Waals surface area contributed by atoms with Crippen molar-refractivity contribution < 1.29 is 19.1 Å². The van der Waals surface area contributed by atoms with Crippen LogP contribution >= 0.6 is 11.6 Å². The standard InChI is InChI=1S/C22H24ClNO4/c1-15-12-19(9-10-20(15)23)27-11-3-6-22(26)28-14-21(25)24-18-8-7-16-4-2-5-17(16)13-18/h7-10,12-13H,2-6,11,14H2,1H3,(H,24,25). The second kappa shape index (κ2) is 9.60. The molecule has 5 nitrogen and oxygen atoms in total. The second-order valence-electron chi connectivity index (χ2n) is 6.91. The quantitative estimate of drug-likeness (QED) is 0.523. The number of benzene rings is 2. The van der Waals surface area contributed by atoms with E-state index in [1.54, 1.807) is 12.1 Å². The van der Waals surface area contributed by atoms with Crippen molar-refractivity contribution in [3.8, 4) is 5.75 Å². The zero-order valence-corrected chi connectivity index (χ0v) is 16.7. The SMILES string of the molecule is Cc1cc(OCCCC(=O)OCC(=O)Nc2ccc3c(c2)CCC3)ccc1Cl. The number of esters is 1. The number of anilines is 1. The Bertz CT molecular complexity index is 866. The van der Waals surface area contributed by atoms with Crippen LogP contribution in [0.15, 0.2) is 36.4 Å². The van der Waals surface area contributed by atoms with Gasteiger partial charge in [-0.2, -0.15) is 0 Å². The Morgan fingerprint density at radius 1 is 1.11 bits per heavy atom. The van der Waals surface area contributed by atoms with Gasteiger partial charge in [0.2, 0.25) is 0 Å². The minimum absolute atomic E-state index is 0.193. The molecule has 0 fully saturated rings. The average molecular weight is 402 g/mol. The highest BCUT2D eigenvalue weighted by molar-refractivity contribution is 6.31. The van der Waals surface area contributed by atoms with Gasteiger partial charge >= 0.3 is 5.97 Å². The summed E-state index contributed by atoms with van der Waals surface area (Å²) in [4.78, 5) is 23.8. The van der Waals surface area contributed by atoms with E-state index in [0.717, 1.165) is 30.5 Å². The van der Waals surface area contributed by atoms with Crippen LogP contribution in [-0.4, -0.2) is 25.1 Å². The molecule has 0 saturated heterocycles. The molecule has 1 N–H and O–H groups in total. The van der Waals surface area contributed by atoms with E-state index >= 15 is 0 Å². The van der Waals surface area contributed by atoms with Crippen molar-refractivity contribution in [2.45, 2.75) is 39.0 Å². The van der Waals surface area contributed by atoms with Gasteiger partial charge in [0.1, 0.15) is 5.75 Å². The summed E-state index contributed by atoms with van der Waals surface area (Å²) in [6, 6.07) is 11.4. The Hall–Kier alpha value is -2.53. The summed E-state index contributed by atoms with van der Waals surface area (Å²) in [5.74, 6) is -0.0387. The highest BCUT2D eigenvalue weighted by atomic mass is 35.5. The third kappa shape index (κ3) is 5.73. The molecule has 1 aliphatic carbocycles. The average Bonchev–Trinajstić information content (AvgIpc) is 3.14. The van der Waals surface area contributed by atoms with Gasteiger partial charge in [-0.15, -0.1) is 0 Å². The first-order chi connectivity index (χ1) is 13.5. The van der Waals surface area contributed by atoms with Crippen LogP contribution in [0.5, 0.6) is 5.75 Å². The van der Waals surface area contributed by atoms with Crippen LogP contribution in [0, 0.1) is 6.92 Å². The van der Waals surface area contributed by atoms with Gasteiger partial charge < -0.3 is 14.8 Å². The lowest BCUT2D eigenvalue weighted by atomic mass is 10.1. The molecule has 0 spiro atoms. The lowest BCUT2D eigenvalue weighted by Gasteiger charge is -2.09. The van der Waals surface area contributed by atoms with E-state index < -0.39 is 5.97 Å². The molecule has 6 heteroatoms. The molecular formula is C22H24ClNO4. The molecule has 0 heterocycles. The van der Waals surface area contributed by atoms with Crippen LogP contribution in [0.4, 0.5) is 5.69 Å². The third-order valence-electron chi connectivity index (χ3n) is 4.67. The van der Waals surface area contributed by atoms with Crippen molar-refractivity contribution >= 4 is 29.2 Å². The number of ether oxygens (including phenoxy) is 2. The molecule has 0 bridgehead atoms. The van der Waals surface area contributed by atoms with Crippen LogP contribution in [0.25, 0.3) is 0 Å². The number of amides is 1. The Labute approximate surface area is 170 Å². The fraction of sp³-hybridized carbons (Fsp3) is 0.364. The maximum atomic E-state index is 12.0. The number of aryl methyl sites for hydroxylation is 3. The summed E-state index contributed by atoms with van der Waals surface area (Å²) in [6.07, 6.45) is 4.01. The third-order valence-corrected chi connectivity index (χ3v) is 5.09. The first-order valence-corrected chi connectivity index (χ1v) is 9.85. The van der Waals surface area contributed by atoms with E-state index in [9.17, 15) is 9.59 Å². The topological polar surface area (TPSA) is 64.6 Å². The van der Waals surface area contributed by atoms with Gasteiger partial charge in [0, 0.05) is 17.1 Å². The normalized spacial score (nSPS) is 12.4. The van der Waals surface area contributed by atoms with E-state index in [0.29, 0.717) is 23.8 Å². The minimum atomic E-state index is -0.417. The molecule has 28 heavy (non-hydrogen) atoms. The van der Waals surface area contributed by atoms with Gasteiger partial charge in [-0.25, -0.2) is 0 Å². The highest BCUT2D eigenvalue weighted by Crippen LogP contribution is 2.25. The predicted molar refractivity (Wildman–Crippen MR) is 109 cm³/mol. The van der Waals surface area contributed by atoms with Crippen molar-refractivity contribution in [3.63, 3.8) is 0 Å². The first kappa shape index (κ1) is 20.2. The number of carbonyl (C=O) groups excluding carboxylic acids is 2. The van der Waals surface area contributed by atoms with E-state index in [1.165, 1.54) is 11.1 Å². The van der Waals surface area contributed by atoms with E-state index in [2.05, 4.69) is 5.32 Å². The van der Waals surface area contributed by atoms with Crippen LogP contribution in [0.2, 0.25) is 5.02 Å². The van der Waals surface area contributed by atoms with Gasteiger partial charge in [0.25, 0.3) is 5.91 Å². The summed E-state index contributed by atoms with van der Waals surface area (Å²) in [7, 11) is 0. The van der Waals surface area contributed by atoms with Crippen LogP contribution in [0.3, 0.4) is 0 Å². The number of hydrogen-bond donors (Lipinski definition) is 1. The summed E-state index contributed by atoms with van der Waals surface area (Å²) in [6.45, 7) is 2.00. The fourth-order valence-corrected chi connectivity index (χ4v) is 3.30. The molecule has 0 aromatic heterocycles. The van der Waals surface area contributed by atoms with Crippen LogP contribution in [0.1, 0.15) is 36.0 Å². The molecule has 1 aliphatic rings. The van der Waals surface area contributed by atoms with E-state index in [-0.39, 0.29) is 18.9 Å². The first-order valence-electron chi connectivity index (χ1n) is 9.47. The summed E-state index contributed by atoms with van der Waals surface area (Å²) >= 11 is 5.97. The van der Waals surface area contributed by atoms with E-state index in [4.69, 9.17) is 21.1 Å². The van der Waals surface area contributed by atoms with Crippen molar-refractivity contribution in [2.75, 3.05) is 18.5 Å². The Kier molecular flexibility index (Phi) is 6.93. The molecule has 3 rings (SSSR count). The second-order valence-corrected chi connectivity index (χ2v) is 7.32. The van der Waals surface area contributed by atoms with E-state index in [1.807, 2.05) is 31.2 Å². The Balaban J connectivity index is 1.32. The Morgan fingerprint density at radius 3 is 2.75 bits per heavy atom. The largest absolute Gasteiger partial charge is 0.494 e. The number of halogens is 1. The zero-order valence-electron chi connectivity index (χ0n) is 15.9. The Morgan fingerprint density at radius 2 is 1.93 bits per heavy atom. The van der Waals surface area contributed by atoms with Crippen molar-refractivity contribution in [2.24, 2.45) is 0 Å². The predicted octanol–water partition coefficient (Wildman–Crippen LogP) is 4.48. The smallest absolute Gasteiger partial charge is 0.306 e. The number of fused-ring (bicyclic) bond motifs is 1. The van der Waals surface area contributed by atoms with Crippen molar-refractivity contribution in [3.05, 3.63) is 58.1 Å². The molecule has 0 saturated carbocycles. The van der Waals surface area contributed by atoms with Gasteiger partial charge in [-0.05, 0) is 79.6 Å². The molecule has 0 radical (unpaired) electrons. The van der Waals surface area contributed by atoms with Gasteiger partial charge in [-0.3, -0.25) is 9.59 Å². The maximum absolute atomic E-state index is 12.0. The van der Waals surface area contributed by atoms with Crippen molar-refractivity contribution in [1.82, 2.24) is 0 Å². The molecular weight excluding hydrogens is 378 g/mol. The number of carbonyl (C=O) groups is 2. The number of hydrogen-bond acceptors (Lipinski definition) is 4. The van der Waals surface area contributed by atoms with Crippen molar-refractivity contribution in [1.29, 1.82) is 0 Å². The summed E-state index contributed by atoms with van der Waals surface area (Å²) in [5.41, 5.74) is 4.31. The maximum Gasteiger partial charge on any atom is 0.306 e. The van der Waals surface area contributed by atoms with Gasteiger partial charge in [0.15, 0.2) is 6.61 Å². The van der Waals surface area contributed by atoms with Gasteiger partial charge in [0.05, 0.1) is 6.61 Å². The molecule has 2 aromatic carbocycles. The molecule has 0 unspecified atom stereocenters. The molecule has 2 aromatic rings. The monoisotopic (exact) mass is 401 g/mol. The molecule has 148 valence electrons. The molecule has 0 atom stereocenters. The highest BCUT2D eigenvalue weighted by Gasteiger charge is 2.13. The van der Waals surface area contributed by atoms with Crippen LogP contribution < -0.4 is 10.1 Å². The summed E-state index contributed by atoms with van der Waals surface area (Å²) < 4.78 is 10.6. The molecule has 1 amide bonds. The lowest BCUT2D eigenvalue weighted by Crippen LogP contribution is -2.21. The minimum Gasteiger partial charge on any atom is -0.494 e. The number of rotatable bonds is 8. The molecule has 0 aliphatic heterocycles. The zero-order chi connectivity index (χ0) is 19.9. The van der Waals surface area contributed by atoms with Crippen LogP contribution in [-0.2, 0) is 27.2 Å². The van der Waals surface area contributed by atoms with Gasteiger partial charge in [-0.1, -0.05) is 17.7 Å². The fourth-order valence-electron chi connectivity index (χ4n) is 3.18. The summed E-state index contributed by atoms with van der Waals surface area (Å²) in [5, 5.41) is 3.46. The lowest BCUT2D eigenvalue weighted by molar-refractivity contribution is -0.147. The number of nitrogens with one attached hydrogen (secondary N) is 1.